The maximum absolute atomic E-state index is 10.9. The molecule has 0 radical (unpaired) electrons. The van der Waals surface area contributed by atoms with Gasteiger partial charge in [-0.15, -0.1) is 11.3 Å². The third-order valence-corrected chi connectivity index (χ3v) is 3.59. The van der Waals surface area contributed by atoms with E-state index in [4.69, 9.17) is 16.7 Å². The lowest BCUT2D eigenvalue weighted by Crippen LogP contribution is -2.41. The first kappa shape index (κ1) is 13.5. The van der Waals surface area contributed by atoms with Crippen LogP contribution in [-0.2, 0) is 11.2 Å². The van der Waals surface area contributed by atoms with Crippen LogP contribution in [-0.4, -0.2) is 23.7 Å². The van der Waals surface area contributed by atoms with Crippen LogP contribution in [0.5, 0.6) is 0 Å². The van der Waals surface area contributed by atoms with Crippen molar-refractivity contribution in [3.63, 3.8) is 0 Å². The number of hydrogen-bond acceptors (Lipinski definition) is 3. The van der Waals surface area contributed by atoms with Crippen LogP contribution in [0.4, 0.5) is 0 Å². The Morgan fingerprint density at radius 3 is 2.69 bits per heavy atom. The van der Waals surface area contributed by atoms with Crippen LogP contribution >= 0.6 is 22.9 Å². The molecule has 1 aromatic rings. The van der Waals surface area contributed by atoms with Crippen molar-refractivity contribution in [1.82, 2.24) is 5.32 Å². The molecule has 2 N–H and O–H groups in total. The van der Waals surface area contributed by atoms with Gasteiger partial charge < -0.3 is 10.4 Å². The smallest absolute Gasteiger partial charge is 0.320 e. The van der Waals surface area contributed by atoms with E-state index in [0.717, 1.165) is 10.8 Å². The van der Waals surface area contributed by atoms with Crippen molar-refractivity contribution < 1.29 is 9.90 Å². The standard InChI is InChI=1S/C11H16ClNO2S/c1-7(2)10(11(14)15)13-6-5-8-3-4-9(12)16-8/h3-4,7,10,13H,5-6H2,1-2H3,(H,14,15). The average molecular weight is 262 g/mol. The highest BCUT2D eigenvalue weighted by Gasteiger charge is 2.19. The molecule has 0 saturated heterocycles. The number of thiophene rings is 1. The summed E-state index contributed by atoms with van der Waals surface area (Å²) in [4.78, 5) is 12.1. The van der Waals surface area contributed by atoms with Gasteiger partial charge in [0, 0.05) is 11.4 Å². The summed E-state index contributed by atoms with van der Waals surface area (Å²) in [7, 11) is 0. The van der Waals surface area contributed by atoms with Crippen molar-refractivity contribution in [3.05, 3.63) is 21.3 Å². The minimum Gasteiger partial charge on any atom is -0.480 e. The van der Waals surface area contributed by atoms with Gasteiger partial charge in [0.05, 0.1) is 4.34 Å². The number of halogens is 1. The second kappa shape index (κ2) is 6.23. The molecule has 0 aromatic carbocycles. The fraction of sp³-hybridized carbons (Fsp3) is 0.545. The summed E-state index contributed by atoms with van der Waals surface area (Å²) < 4.78 is 0.772. The maximum Gasteiger partial charge on any atom is 0.320 e. The van der Waals surface area contributed by atoms with Crippen LogP contribution in [0.2, 0.25) is 4.34 Å². The highest BCUT2D eigenvalue weighted by Crippen LogP contribution is 2.21. The van der Waals surface area contributed by atoms with Gasteiger partial charge in [0.25, 0.3) is 0 Å². The van der Waals surface area contributed by atoms with Gasteiger partial charge in [0.1, 0.15) is 6.04 Å². The molecule has 0 amide bonds. The Bertz CT molecular complexity index is 352. The second-order valence-corrected chi connectivity index (χ2v) is 5.77. The molecule has 1 rings (SSSR count). The Hall–Kier alpha value is -0.580. The van der Waals surface area contributed by atoms with Gasteiger partial charge in [-0.2, -0.15) is 0 Å². The van der Waals surface area contributed by atoms with Gasteiger partial charge in [0.15, 0.2) is 0 Å². The first-order valence-corrected chi connectivity index (χ1v) is 6.40. The summed E-state index contributed by atoms with van der Waals surface area (Å²) in [5.74, 6) is -0.705. The number of carbonyl (C=O) groups is 1. The molecule has 0 bridgehead atoms. The molecule has 0 aliphatic heterocycles. The summed E-state index contributed by atoms with van der Waals surface area (Å²) in [5.41, 5.74) is 0. The number of carboxylic acids is 1. The molecule has 16 heavy (non-hydrogen) atoms. The normalized spacial score (nSPS) is 13.0. The van der Waals surface area contributed by atoms with E-state index in [1.165, 1.54) is 16.2 Å². The lowest BCUT2D eigenvalue weighted by molar-refractivity contribution is -0.140. The fourth-order valence-corrected chi connectivity index (χ4v) is 2.53. The van der Waals surface area contributed by atoms with Crippen molar-refractivity contribution in [2.45, 2.75) is 26.3 Å². The van der Waals surface area contributed by atoms with E-state index in [1.807, 2.05) is 26.0 Å². The van der Waals surface area contributed by atoms with Crippen molar-refractivity contribution in [3.8, 4) is 0 Å². The summed E-state index contributed by atoms with van der Waals surface area (Å²) in [6.07, 6.45) is 0.813. The molecule has 5 heteroatoms. The highest BCUT2D eigenvalue weighted by atomic mass is 35.5. The fourth-order valence-electron chi connectivity index (χ4n) is 1.45. The molecule has 1 heterocycles. The van der Waals surface area contributed by atoms with Crippen LogP contribution in [0.3, 0.4) is 0 Å². The summed E-state index contributed by atoms with van der Waals surface area (Å²) in [6.45, 7) is 4.45. The zero-order valence-electron chi connectivity index (χ0n) is 9.37. The van der Waals surface area contributed by atoms with E-state index >= 15 is 0 Å². The highest BCUT2D eigenvalue weighted by molar-refractivity contribution is 7.16. The lowest BCUT2D eigenvalue weighted by Gasteiger charge is -2.17. The molecular weight excluding hydrogens is 246 g/mol. The SMILES string of the molecule is CC(C)C(NCCc1ccc(Cl)s1)C(=O)O. The van der Waals surface area contributed by atoms with Crippen LogP contribution in [0, 0.1) is 5.92 Å². The number of nitrogens with one attached hydrogen (secondary N) is 1. The predicted octanol–water partition coefficient (Wildman–Crippen LogP) is 2.64. The van der Waals surface area contributed by atoms with Crippen molar-refractivity contribution >= 4 is 28.9 Å². The van der Waals surface area contributed by atoms with Crippen LogP contribution in [0.25, 0.3) is 0 Å². The third kappa shape index (κ3) is 4.12. The number of aliphatic carboxylic acids is 1. The number of hydrogen-bond donors (Lipinski definition) is 2. The molecular formula is C11H16ClNO2S. The summed E-state index contributed by atoms with van der Waals surface area (Å²) >= 11 is 7.34. The Balaban J connectivity index is 2.36. The Labute approximate surface area is 104 Å². The minimum absolute atomic E-state index is 0.0874. The zero-order valence-corrected chi connectivity index (χ0v) is 10.9. The van der Waals surface area contributed by atoms with Crippen LogP contribution < -0.4 is 5.32 Å². The first-order chi connectivity index (χ1) is 7.50. The average Bonchev–Trinajstić information content (AvgIpc) is 2.57. The quantitative estimate of drug-likeness (QED) is 0.828. The minimum atomic E-state index is -0.792. The van der Waals surface area contributed by atoms with Crippen molar-refractivity contribution in [2.75, 3.05) is 6.54 Å². The molecule has 3 nitrogen and oxygen atoms in total. The van der Waals surface area contributed by atoms with Crippen LogP contribution in [0.1, 0.15) is 18.7 Å². The second-order valence-electron chi connectivity index (χ2n) is 3.97. The van der Waals surface area contributed by atoms with Gasteiger partial charge in [-0.25, -0.2) is 0 Å². The van der Waals surface area contributed by atoms with E-state index in [-0.39, 0.29) is 5.92 Å². The topological polar surface area (TPSA) is 49.3 Å². The third-order valence-electron chi connectivity index (χ3n) is 2.30. The number of rotatable bonds is 6. The van der Waals surface area contributed by atoms with Gasteiger partial charge in [-0.05, 0) is 24.5 Å². The summed E-state index contributed by atoms with van der Waals surface area (Å²) in [5, 5.41) is 12.0. The molecule has 1 atom stereocenters. The molecule has 0 aliphatic carbocycles. The molecule has 0 spiro atoms. The van der Waals surface area contributed by atoms with Crippen LogP contribution in [0.15, 0.2) is 12.1 Å². The van der Waals surface area contributed by atoms with E-state index in [1.54, 1.807) is 0 Å². The van der Waals surface area contributed by atoms with E-state index in [9.17, 15) is 4.79 Å². The summed E-state index contributed by atoms with van der Waals surface area (Å²) in [6, 6.07) is 3.36. The van der Waals surface area contributed by atoms with Crippen molar-refractivity contribution in [1.29, 1.82) is 0 Å². The Morgan fingerprint density at radius 1 is 1.56 bits per heavy atom. The number of carboxylic acid groups (broad SMARTS) is 1. The van der Waals surface area contributed by atoms with E-state index in [0.29, 0.717) is 6.54 Å². The van der Waals surface area contributed by atoms with Gasteiger partial charge in [-0.1, -0.05) is 25.4 Å². The van der Waals surface area contributed by atoms with Gasteiger partial charge >= 0.3 is 5.97 Å². The largest absolute Gasteiger partial charge is 0.480 e. The zero-order chi connectivity index (χ0) is 12.1. The Kier molecular flexibility index (Phi) is 5.25. The lowest BCUT2D eigenvalue weighted by atomic mass is 10.0. The molecule has 90 valence electrons. The predicted molar refractivity (Wildman–Crippen MR) is 67.3 cm³/mol. The molecule has 0 fully saturated rings. The molecule has 1 aromatic heterocycles. The molecule has 0 saturated carbocycles. The van der Waals surface area contributed by atoms with Gasteiger partial charge in [0.2, 0.25) is 0 Å². The van der Waals surface area contributed by atoms with Crippen molar-refractivity contribution in [2.24, 2.45) is 5.92 Å². The maximum atomic E-state index is 10.9. The van der Waals surface area contributed by atoms with E-state index < -0.39 is 12.0 Å². The van der Waals surface area contributed by atoms with Gasteiger partial charge in [-0.3, -0.25) is 4.79 Å². The first-order valence-electron chi connectivity index (χ1n) is 5.21. The molecule has 0 aliphatic rings. The Morgan fingerprint density at radius 2 is 2.25 bits per heavy atom. The monoisotopic (exact) mass is 261 g/mol. The molecule has 1 unspecified atom stereocenters. The van der Waals surface area contributed by atoms with E-state index in [2.05, 4.69) is 5.32 Å².